The Morgan fingerprint density at radius 2 is 1.76 bits per heavy atom. The van der Waals surface area contributed by atoms with Crippen LogP contribution in [-0.2, 0) is 16.6 Å². The number of rotatable bonds is 6. The molecule has 4 nitrogen and oxygen atoms in total. The number of sulfonamides is 1. The van der Waals surface area contributed by atoms with E-state index in [2.05, 4.69) is 40.5 Å². The van der Waals surface area contributed by atoms with Gasteiger partial charge in [0.1, 0.15) is 0 Å². The number of thiophene rings is 1. The standard InChI is InChI=1S/C19H22N2O2S2/c1-13(2)25(22,23)21-17-6-4-15(5-7-17)12-20-18-10-14(3)19-16(11-18)8-9-24-19/h4-11,13,20-21H,12H2,1-3H3. The van der Waals surface area contributed by atoms with E-state index in [9.17, 15) is 8.42 Å². The fourth-order valence-electron chi connectivity index (χ4n) is 2.54. The highest BCUT2D eigenvalue weighted by atomic mass is 32.2. The fourth-order valence-corrected chi connectivity index (χ4v) is 4.10. The Hall–Kier alpha value is -2.05. The van der Waals surface area contributed by atoms with Crippen molar-refractivity contribution in [1.29, 1.82) is 0 Å². The molecule has 0 aliphatic carbocycles. The van der Waals surface area contributed by atoms with Crippen LogP contribution in [0.1, 0.15) is 25.0 Å². The molecule has 0 unspecified atom stereocenters. The predicted molar refractivity (Wildman–Crippen MR) is 108 cm³/mol. The number of anilines is 2. The maximum Gasteiger partial charge on any atom is 0.235 e. The normalized spacial score (nSPS) is 11.8. The van der Waals surface area contributed by atoms with Gasteiger partial charge in [0.2, 0.25) is 10.0 Å². The molecule has 1 heterocycles. The zero-order valence-corrected chi connectivity index (χ0v) is 16.2. The lowest BCUT2D eigenvalue weighted by atomic mass is 10.1. The van der Waals surface area contributed by atoms with E-state index in [0.29, 0.717) is 12.2 Å². The minimum absolute atomic E-state index is 0.455. The molecular weight excluding hydrogens is 352 g/mol. The Balaban J connectivity index is 1.67. The second kappa shape index (κ2) is 7.06. The van der Waals surface area contributed by atoms with Crippen LogP contribution in [0.25, 0.3) is 10.1 Å². The van der Waals surface area contributed by atoms with Gasteiger partial charge in [-0.05, 0) is 73.0 Å². The van der Waals surface area contributed by atoms with Crippen molar-refractivity contribution < 1.29 is 8.42 Å². The van der Waals surface area contributed by atoms with E-state index in [1.807, 2.05) is 12.1 Å². The maximum absolute atomic E-state index is 11.9. The predicted octanol–water partition coefficient (Wildman–Crippen LogP) is 4.97. The third-order valence-electron chi connectivity index (χ3n) is 4.07. The van der Waals surface area contributed by atoms with E-state index in [4.69, 9.17) is 0 Å². The summed E-state index contributed by atoms with van der Waals surface area (Å²) >= 11 is 1.76. The van der Waals surface area contributed by atoms with Gasteiger partial charge >= 0.3 is 0 Å². The molecular formula is C19H22N2O2S2. The number of benzene rings is 2. The molecule has 3 rings (SSSR count). The molecule has 2 N–H and O–H groups in total. The van der Waals surface area contributed by atoms with Crippen LogP contribution in [0.2, 0.25) is 0 Å². The number of fused-ring (bicyclic) bond motifs is 1. The summed E-state index contributed by atoms with van der Waals surface area (Å²) in [5, 5.41) is 6.35. The molecule has 0 aliphatic heterocycles. The van der Waals surface area contributed by atoms with Gasteiger partial charge in [0, 0.05) is 22.6 Å². The summed E-state index contributed by atoms with van der Waals surface area (Å²) in [5.74, 6) is 0. The lowest BCUT2D eigenvalue weighted by Crippen LogP contribution is -2.22. The van der Waals surface area contributed by atoms with Gasteiger partial charge in [0.05, 0.1) is 5.25 Å². The largest absolute Gasteiger partial charge is 0.381 e. The summed E-state index contributed by atoms with van der Waals surface area (Å²) in [7, 11) is -3.30. The first-order chi connectivity index (χ1) is 11.8. The Bertz CT molecular complexity index is 974. The zero-order chi connectivity index (χ0) is 18.0. The van der Waals surface area contributed by atoms with Gasteiger partial charge in [-0.3, -0.25) is 4.72 Å². The molecule has 2 aromatic carbocycles. The van der Waals surface area contributed by atoms with Crippen molar-refractivity contribution in [3.63, 3.8) is 0 Å². The first kappa shape index (κ1) is 17.8. The molecule has 3 aromatic rings. The van der Waals surface area contributed by atoms with Crippen LogP contribution in [0.4, 0.5) is 11.4 Å². The van der Waals surface area contributed by atoms with Crippen LogP contribution in [-0.4, -0.2) is 13.7 Å². The number of hydrogen-bond donors (Lipinski definition) is 2. The number of nitrogens with one attached hydrogen (secondary N) is 2. The minimum Gasteiger partial charge on any atom is -0.381 e. The van der Waals surface area contributed by atoms with E-state index >= 15 is 0 Å². The zero-order valence-electron chi connectivity index (χ0n) is 14.5. The Labute approximate surface area is 152 Å². The molecule has 25 heavy (non-hydrogen) atoms. The topological polar surface area (TPSA) is 58.2 Å². The van der Waals surface area contributed by atoms with Crippen LogP contribution in [0.15, 0.2) is 47.8 Å². The van der Waals surface area contributed by atoms with E-state index in [-0.39, 0.29) is 0 Å². The summed E-state index contributed by atoms with van der Waals surface area (Å²) < 4.78 is 27.7. The molecule has 1 aromatic heterocycles. The van der Waals surface area contributed by atoms with Gasteiger partial charge in [-0.2, -0.15) is 0 Å². The van der Waals surface area contributed by atoms with Crippen molar-refractivity contribution in [3.05, 3.63) is 59.0 Å². The third-order valence-corrected chi connectivity index (χ3v) is 6.90. The summed E-state index contributed by atoms with van der Waals surface area (Å²) in [4.78, 5) is 0. The van der Waals surface area contributed by atoms with Crippen molar-refractivity contribution >= 4 is 42.8 Å². The van der Waals surface area contributed by atoms with Crippen LogP contribution >= 0.6 is 11.3 Å². The maximum atomic E-state index is 11.9. The van der Waals surface area contributed by atoms with Gasteiger partial charge < -0.3 is 5.32 Å². The Kier molecular flexibility index (Phi) is 5.01. The molecule has 0 atom stereocenters. The molecule has 6 heteroatoms. The third kappa shape index (κ3) is 4.14. The average Bonchev–Trinajstić information content (AvgIpc) is 3.03. The van der Waals surface area contributed by atoms with E-state index in [1.165, 1.54) is 15.6 Å². The molecule has 0 fully saturated rings. The van der Waals surface area contributed by atoms with Crippen LogP contribution < -0.4 is 10.0 Å². The van der Waals surface area contributed by atoms with Gasteiger partial charge in [-0.15, -0.1) is 11.3 Å². The SMILES string of the molecule is Cc1cc(NCc2ccc(NS(=O)(=O)C(C)C)cc2)cc2ccsc12. The molecule has 0 bridgehead atoms. The first-order valence-corrected chi connectivity index (χ1v) is 10.6. The molecule has 0 radical (unpaired) electrons. The second-order valence-corrected chi connectivity index (χ2v) is 9.53. The van der Waals surface area contributed by atoms with Gasteiger partial charge in [0.25, 0.3) is 0 Å². The molecule has 0 aliphatic rings. The highest BCUT2D eigenvalue weighted by Gasteiger charge is 2.15. The average molecular weight is 375 g/mol. The van der Waals surface area contributed by atoms with Crippen LogP contribution in [0, 0.1) is 6.92 Å². The first-order valence-electron chi connectivity index (χ1n) is 8.17. The molecule has 0 saturated carbocycles. The van der Waals surface area contributed by atoms with E-state index < -0.39 is 15.3 Å². The highest BCUT2D eigenvalue weighted by Crippen LogP contribution is 2.28. The highest BCUT2D eigenvalue weighted by molar-refractivity contribution is 7.93. The Morgan fingerprint density at radius 1 is 1.04 bits per heavy atom. The summed E-state index contributed by atoms with van der Waals surface area (Å²) in [6, 6.07) is 13.9. The van der Waals surface area contributed by atoms with E-state index in [1.54, 1.807) is 37.3 Å². The lowest BCUT2D eigenvalue weighted by molar-refractivity contribution is 0.593. The monoisotopic (exact) mass is 374 g/mol. The van der Waals surface area contributed by atoms with Gasteiger partial charge in [0.15, 0.2) is 0 Å². The molecule has 0 amide bonds. The van der Waals surface area contributed by atoms with Crippen LogP contribution in [0.3, 0.4) is 0 Å². The molecule has 0 saturated heterocycles. The smallest absolute Gasteiger partial charge is 0.235 e. The fraction of sp³-hybridized carbons (Fsp3) is 0.263. The summed E-state index contributed by atoms with van der Waals surface area (Å²) in [6.07, 6.45) is 0. The minimum atomic E-state index is -3.30. The van der Waals surface area contributed by atoms with Gasteiger partial charge in [-0.1, -0.05) is 12.1 Å². The molecule has 0 spiro atoms. The summed E-state index contributed by atoms with van der Waals surface area (Å²) in [5.41, 5.74) is 4.05. The van der Waals surface area contributed by atoms with Crippen molar-refractivity contribution in [2.45, 2.75) is 32.6 Å². The van der Waals surface area contributed by atoms with E-state index in [0.717, 1.165) is 11.3 Å². The quantitative estimate of drug-likeness (QED) is 0.640. The van der Waals surface area contributed by atoms with Crippen molar-refractivity contribution in [2.75, 3.05) is 10.0 Å². The Morgan fingerprint density at radius 3 is 2.44 bits per heavy atom. The van der Waals surface area contributed by atoms with Gasteiger partial charge in [-0.25, -0.2) is 8.42 Å². The van der Waals surface area contributed by atoms with Crippen LogP contribution in [0.5, 0.6) is 0 Å². The van der Waals surface area contributed by atoms with Crippen molar-refractivity contribution in [2.24, 2.45) is 0 Å². The van der Waals surface area contributed by atoms with Crippen molar-refractivity contribution in [3.8, 4) is 0 Å². The second-order valence-electron chi connectivity index (χ2n) is 6.38. The van der Waals surface area contributed by atoms with Crippen molar-refractivity contribution in [1.82, 2.24) is 0 Å². The molecule has 132 valence electrons. The lowest BCUT2D eigenvalue weighted by Gasteiger charge is -2.12. The number of hydrogen-bond acceptors (Lipinski definition) is 4. The number of aryl methyl sites for hydroxylation is 1. The summed E-state index contributed by atoms with van der Waals surface area (Å²) in [6.45, 7) is 6.13.